The molecule has 2 aromatic rings. The number of rotatable bonds is 8. The average Bonchev–Trinajstić information content (AvgIpc) is 2.67. The van der Waals surface area contributed by atoms with Crippen molar-refractivity contribution in [2.24, 2.45) is 0 Å². The van der Waals surface area contributed by atoms with Gasteiger partial charge in [-0.05, 0) is 68.1 Å². The van der Waals surface area contributed by atoms with Gasteiger partial charge in [-0.3, -0.25) is 9.59 Å². The summed E-state index contributed by atoms with van der Waals surface area (Å²) in [6, 6.07) is 15.0. The molecule has 0 atom stereocenters. The summed E-state index contributed by atoms with van der Waals surface area (Å²) in [7, 11) is 0. The van der Waals surface area contributed by atoms with Gasteiger partial charge in [-0.1, -0.05) is 32.9 Å². The molecular weight excluding hydrogens is 350 g/mol. The van der Waals surface area contributed by atoms with Gasteiger partial charge in [0.15, 0.2) is 0 Å². The van der Waals surface area contributed by atoms with Gasteiger partial charge < -0.3 is 16.0 Å². The third kappa shape index (κ3) is 6.41. The third-order valence-corrected chi connectivity index (χ3v) is 4.80. The third-order valence-electron chi connectivity index (χ3n) is 4.80. The molecule has 150 valence electrons. The molecule has 2 amide bonds. The lowest BCUT2D eigenvalue weighted by molar-refractivity contribution is -0.114. The van der Waals surface area contributed by atoms with Gasteiger partial charge in [0.25, 0.3) is 5.91 Å². The number of hydrogen-bond acceptors (Lipinski definition) is 3. The molecule has 0 heterocycles. The fourth-order valence-electron chi connectivity index (χ4n) is 2.55. The first-order chi connectivity index (χ1) is 13.2. The lowest BCUT2D eigenvalue weighted by atomic mass is 10.0. The van der Waals surface area contributed by atoms with Gasteiger partial charge in [0.05, 0.1) is 6.54 Å². The zero-order chi connectivity index (χ0) is 20.7. The highest BCUT2D eigenvalue weighted by Gasteiger charge is 2.18. The average molecular weight is 382 g/mol. The lowest BCUT2D eigenvalue weighted by Crippen LogP contribution is -2.42. The number of benzene rings is 2. The summed E-state index contributed by atoms with van der Waals surface area (Å²) in [5, 5.41) is 8.96. The van der Waals surface area contributed by atoms with Gasteiger partial charge in [0.2, 0.25) is 5.91 Å². The smallest absolute Gasteiger partial charge is 0.251 e. The second-order valence-electron chi connectivity index (χ2n) is 7.95. The molecule has 5 nitrogen and oxygen atoms in total. The van der Waals surface area contributed by atoms with Crippen molar-refractivity contribution < 1.29 is 9.59 Å². The molecule has 28 heavy (non-hydrogen) atoms. The van der Waals surface area contributed by atoms with E-state index in [1.807, 2.05) is 45.0 Å². The highest BCUT2D eigenvalue weighted by atomic mass is 16.2. The second kappa shape index (κ2) is 9.40. The fourth-order valence-corrected chi connectivity index (χ4v) is 2.55. The fraction of sp³-hybridized carbons (Fsp3) is 0.391. The van der Waals surface area contributed by atoms with Crippen molar-refractivity contribution in [3.05, 3.63) is 59.7 Å². The normalized spacial score (nSPS) is 11.2. The minimum Gasteiger partial charge on any atom is -0.376 e. The van der Waals surface area contributed by atoms with Crippen LogP contribution < -0.4 is 16.0 Å². The molecule has 0 saturated carbocycles. The predicted molar refractivity (Wildman–Crippen MR) is 116 cm³/mol. The van der Waals surface area contributed by atoms with Crippen LogP contribution >= 0.6 is 0 Å². The van der Waals surface area contributed by atoms with E-state index >= 15 is 0 Å². The number of nitrogens with one attached hydrogen (secondary N) is 3. The van der Waals surface area contributed by atoms with Crippen molar-refractivity contribution in [3.63, 3.8) is 0 Å². The van der Waals surface area contributed by atoms with Gasteiger partial charge >= 0.3 is 0 Å². The Kier molecular flexibility index (Phi) is 7.21. The minimum absolute atomic E-state index is 0.0963. The molecular formula is C23H31N3O2. The molecule has 2 rings (SSSR count). The topological polar surface area (TPSA) is 70.2 Å². The van der Waals surface area contributed by atoms with E-state index in [9.17, 15) is 9.59 Å². The van der Waals surface area contributed by atoms with E-state index in [4.69, 9.17) is 0 Å². The Morgan fingerprint density at radius 2 is 1.50 bits per heavy atom. The van der Waals surface area contributed by atoms with Crippen molar-refractivity contribution in [3.8, 4) is 0 Å². The predicted octanol–water partition coefficient (Wildman–Crippen LogP) is 4.78. The largest absolute Gasteiger partial charge is 0.376 e. The number of carbonyl (C=O) groups is 2. The first-order valence-electron chi connectivity index (χ1n) is 9.76. The lowest BCUT2D eigenvalue weighted by Gasteiger charge is -2.24. The van der Waals surface area contributed by atoms with Crippen LogP contribution in [0, 0.1) is 0 Å². The van der Waals surface area contributed by atoms with Gasteiger partial charge in [-0.2, -0.15) is 0 Å². The van der Waals surface area contributed by atoms with E-state index in [2.05, 4.69) is 29.8 Å². The monoisotopic (exact) mass is 381 g/mol. The van der Waals surface area contributed by atoms with Crippen molar-refractivity contribution in [1.29, 1.82) is 0 Å². The molecule has 3 N–H and O–H groups in total. The van der Waals surface area contributed by atoms with Gasteiger partial charge in [-0.25, -0.2) is 0 Å². The van der Waals surface area contributed by atoms with E-state index in [0.717, 1.165) is 17.8 Å². The van der Waals surface area contributed by atoms with Crippen LogP contribution in [-0.4, -0.2) is 23.9 Å². The molecule has 0 bridgehead atoms. The van der Waals surface area contributed by atoms with Crippen LogP contribution in [0.15, 0.2) is 48.5 Å². The summed E-state index contributed by atoms with van der Waals surface area (Å²) in [6.45, 7) is 10.5. The summed E-state index contributed by atoms with van der Waals surface area (Å²) in [4.78, 5) is 24.4. The van der Waals surface area contributed by atoms with Crippen LogP contribution in [0.2, 0.25) is 0 Å². The Bertz CT molecular complexity index is 794. The van der Waals surface area contributed by atoms with Crippen LogP contribution in [0.3, 0.4) is 0 Å². The Morgan fingerprint density at radius 3 is 2.04 bits per heavy atom. The highest BCUT2D eigenvalue weighted by molar-refractivity contribution is 5.95. The zero-order valence-corrected chi connectivity index (χ0v) is 17.4. The Hall–Kier alpha value is -2.82. The molecule has 2 aromatic carbocycles. The summed E-state index contributed by atoms with van der Waals surface area (Å²) < 4.78 is 0. The van der Waals surface area contributed by atoms with Crippen LogP contribution in [0.5, 0.6) is 0 Å². The van der Waals surface area contributed by atoms with Crippen LogP contribution in [0.25, 0.3) is 0 Å². The first kappa shape index (κ1) is 21.5. The van der Waals surface area contributed by atoms with Crippen LogP contribution in [-0.2, 0) is 4.79 Å². The Morgan fingerprint density at radius 1 is 0.929 bits per heavy atom. The molecule has 0 aliphatic heterocycles. The van der Waals surface area contributed by atoms with Gasteiger partial charge in [0, 0.05) is 22.5 Å². The van der Waals surface area contributed by atoms with Crippen molar-refractivity contribution in [2.45, 2.75) is 52.5 Å². The molecule has 0 aliphatic rings. The molecule has 5 heteroatoms. The molecule has 0 unspecified atom stereocenters. The van der Waals surface area contributed by atoms with E-state index in [1.165, 1.54) is 5.56 Å². The molecule has 0 radical (unpaired) electrons. The molecule has 0 aliphatic carbocycles. The van der Waals surface area contributed by atoms with Crippen LogP contribution in [0.1, 0.15) is 62.9 Å². The number of amides is 2. The standard InChI is InChI=1S/C23H31N3O2/c1-6-23(4,5)26-22(28)18-9-11-19(12-10-18)24-15-21(27)25-20-13-7-17(8-14-20)16(2)3/h7-14,16,24H,6,15H2,1-5H3,(H,25,27)(H,26,28). The molecule has 0 spiro atoms. The van der Waals surface area contributed by atoms with Crippen molar-refractivity contribution >= 4 is 23.2 Å². The summed E-state index contributed by atoms with van der Waals surface area (Å²) >= 11 is 0. The second-order valence-corrected chi connectivity index (χ2v) is 7.95. The quantitative estimate of drug-likeness (QED) is 0.616. The number of hydrogen-bond donors (Lipinski definition) is 3. The molecule has 0 saturated heterocycles. The summed E-state index contributed by atoms with van der Waals surface area (Å²) in [6.07, 6.45) is 0.855. The van der Waals surface area contributed by atoms with Crippen molar-refractivity contribution in [2.75, 3.05) is 17.2 Å². The Labute approximate surface area is 167 Å². The summed E-state index contributed by atoms with van der Waals surface area (Å²) in [5.41, 5.74) is 3.17. The van der Waals surface area contributed by atoms with Crippen molar-refractivity contribution in [1.82, 2.24) is 5.32 Å². The first-order valence-corrected chi connectivity index (χ1v) is 9.76. The van der Waals surface area contributed by atoms with E-state index in [1.54, 1.807) is 24.3 Å². The summed E-state index contributed by atoms with van der Waals surface area (Å²) in [5.74, 6) is 0.245. The molecule has 0 aromatic heterocycles. The maximum atomic E-state index is 12.3. The van der Waals surface area contributed by atoms with Gasteiger partial charge in [0.1, 0.15) is 0 Å². The zero-order valence-electron chi connectivity index (χ0n) is 17.4. The maximum Gasteiger partial charge on any atom is 0.251 e. The molecule has 0 fully saturated rings. The Balaban J connectivity index is 1.85. The minimum atomic E-state index is -0.237. The number of anilines is 2. The highest BCUT2D eigenvalue weighted by Crippen LogP contribution is 2.17. The van der Waals surface area contributed by atoms with E-state index in [-0.39, 0.29) is 23.9 Å². The van der Waals surface area contributed by atoms with Crippen LogP contribution in [0.4, 0.5) is 11.4 Å². The van der Waals surface area contributed by atoms with E-state index < -0.39 is 0 Å². The van der Waals surface area contributed by atoms with E-state index in [0.29, 0.717) is 11.5 Å². The number of carbonyl (C=O) groups excluding carboxylic acids is 2. The van der Waals surface area contributed by atoms with Gasteiger partial charge in [-0.15, -0.1) is 0 Å². The SMILES string of the molecule is CCC(C)(C)NC(=O)c1ccc(NCC(=O)Nc2ccc(C(C)C)cc2)cc1. The maximum absolute atomic E-state index is 12.3.